The third kappa shape index (κ3) is 4.73. The van der Waals surface area contributed by atoms with Crippen LogP contribution in [0.3, 0.4) is 0 Å². The fraction of sp³-hybridized carbons (Fsp3) is 1.00. The molecule has 19 heavy (non-hydrogen) atoms. The van der Waals surface area contributed by atoms with E-state index in [2.05, 4.69) is 31.0 Å². The highest BCUT2D eigenvalue weighted by molar-refractivity contribution is 4.91. The molecule has 1 aliphatic heterocycles. The number of β-amino-alcohol motifs (C(OH)–C–C–N with tert-alkyl or cyclic N) is 1. The molecule has 1 unspecified atom stereocenters. The van der Waals surface area contributed by atoms with Gasteiger partial charge in [-0.3, -0.25) is 0 Å². The normalized spacial score (nSPS) is 28.7. The maximum atomic E-state index is 9.71. The van der Waals surface area contributed by atoms with Gasteiger partial charge in [0.05, 0.1) is 6.10 Å². The van der Waals surface area contributed by atoms with Crippen LogP contribution in [0.25, 0.3) is 0 Å². The van der Waals surface area contributed by atoms with E-state index in [9.17, 15) is 5.11 Å². The zero-order valence-electron chi connectivity index (χ0n) is 13.0. The Balaban J connectivity index is 1.93. The molecule has 2 aliphatic rings. The summed E-state index contributed by atoms with van der Waals surface area (Å²) < 4.78 is 0. The molecule has 1 saturated carbocycles. The Bertz CT molecular complexity index is 279. The second-order valence-corrected chi connectivity index (χ2v) is 7.84. The molecule has 1 heterocycles. The molecule has 1 aliphatic carbocycles. The Labute approximate surface area is 118 Å². The fourth-order valence-electron chi connectivity index (χ4n) is 3.58. The van der Waals surface area contributed by atoms with Crippen molar-refractivity contribution in [3.05, 3.63) is 0 Å². The predicted molar refractivity (Wildman–Crippen MR) is 80.3 cm³/mol. The predicted octanol–water partition coefficient (Wildman–Crippen LogP) is 2.39. The lowest BCUT2D eigenvalue weighted by atomic mass is 9.73. The summed E-state index contributed by atoms with van der Waals surface area (Å²) >= 11 is 0. The van der Waals surface area contributed by atoms with Crippen LogP contribution >= 0.6 is 0 Å². The monoisotopic (exact) mass is 268 g/mol. The number of aliphatic hydroxyl groups is 1. The lowest BCUT2D eigenvalue weighted by molar-refractivity contribution is 0.0967. The summed E-state index contributed by atoms with van der Waals surface area (Å²) in [6, 6.07) is 0. The van der Waals surface area contributed by atoms with E-state index < -0.39 is 0 Å². The first-order valence-corrected chi connectivity index (χ1v) is 8.04. The van der Waals surface area contributed by atoms with Gasteiger partial charge in [0.15, 0.2) is 0 Å². The Kier molecular flexibility index (Phi) is 4.91. The highest BCUT2D eigenvalue weighted by atomic mass is 16.3. The molecule has 1 atom stereocenters. The van der Waals surface area contributed by atoms with Crippen LogP contribution in [-0.2, 0) is 0 Å². The molecular weight excluding hydrogens is 236 g/mol. The third-order valence-electron chi connectivity index (χ3n) is 4.71. The second-order valence-electron chi connectivity index (χ2n) is 7.84. The summed E-state index contributed by atoms with van der Waals surface area (Å²) in [4.78, 5) is 2.49. The Morgan fingerprint density at radius 2 is 1.89 bits per heavy atom. The van der Waals surface area contributed by atoms with E-state index in [1.54, 1.807) is 0 Å². The first-order chi connectivity index (χ1) is 8.89. The Morgan fingerprint density at radius 1 is 1.21 bits per heavy atom. The molecule has 2 rings (SSSR count). The van der Waals surface area contributed by atoms with Gasteiger partial charge in [0.1, 0.15) is 0 Å². The van der Waals surface area contributed by atoms with Crippen molar-refractivity contribution < 1.29 is 5.11 Å². The minimum absolute atomic E-state index is 0.0868. The second kappa shape index (κ2) is 6.11. The Morgan fingerprint density at radius 3 is 2.42 bits per heavy atom. The van der Waals surface area contributed by atoms with Crippen molar-refractivity contribution in [2.24, 2.45) is 5.41 Å². The van der Waals surface area contributed by atoms with Gasteiger partial charge < -0.3 is 15.3 Å². The van der Waals surface area contributed by atoms with Crippen LogP contribution in [0.1, 0.15) is 59.3 Å². The molecule has 2 fully saturated rings. The number of nitrogens with zero attached hydrogens (tertiary/aromatic N) is 1. The first-order valence-electron chi connectivity index (χ1n) is 8.04. The average molecular weight is 268 g/mol. The molecule has 112 valence electrons. The molecule has 0 amide bonds. The average Bonchev–Trinajstić information content (AvgIpc) is 2.73. The van der Waals surface area contributed by atoms with Crippen molar-refractivity contribution in [3.8, 4) is 0 Å². The van der Waals surface area contributed by atoms with Gasteiger partial charge in [-0.15, -0.1) is 0 Å². The molecular formula is C16H32N2O. The van der Waals surface area contributed by atoms with Gasteiger partial charge in [0.2, 0.25) is 0 Å². The highest BCUT2D eigenvalue weighted by Crippen LogP contribution is 2.37. The number of hydrogen-bond donors (Lipinski definition) is 2. The van der Waals surface area contributed by atoms with Gasteiger partial charge in [-0.25, -0.2) is 0 Å². The summed E-state index contributed by atoms with van der Waals surface area (Å²) in [6.45, 7) is 11.0. The first kappa shape index (κ1) is 15.3. The van der Waals surface area contributed by atoms with E-state index in [1.165, 1.54) is 38.6 Å². The van der Waals surface area contributed by atoms with E-state index in [4.69, 9.17) is 0 Å². The van der Waals surface area contributed by atoms with E-state index >= 15 is 0 Å². The number of hydrogen-bond acceptors (Lipinski definition) is 3. The van der Waals surface area contributed by atoms with Crippen LogP contribution < -0.4 is 5.32 Å². The molecule has 0 bridgehead atoms. The van der Waals surface area contributed by atoms with Crippen LogP contribution in [-0.4, -0.2) is 47.8 Å². The minimum Gasteiger partial charge on any atom is -0.392 e. The summed E-state index contributed by atoms with van der Waals surface area (Å²) in [5.74, 6) is 0. The van der Waals surface area contributed by atoms with Crippen molar-refractivity contribution in [3.63, 3.8) is 0 Å². The van der Waals surface area contributed by atoms with E-state index in [0.717, 1.165) is 26.1 Å². The van der Waals surface area contributed by atoms with Gasteiger partial charge in [-0.2, -0.15) is 0 Å². The Hall–Kier alpha value is -0.120. The highest BCUT2D eigenvalue weighted by Gasteiger charge is 2.36. The zero-order valence-corrected chi connectivity index (χ0v) is 13.0. The van der Waals surface area contributed by atoms with Crippen LogP contribution in [0, 0.1) is 5.41 Å². The van der Waals surface area contributed by atoms with Crippen molar-refractivity contribution in [1.29, 1.82) is 0 Å². The standard InChI is InChI=1S/C16H32N2O/c1-15(2,3)17-12-16(8-5-4-6-9-16)13-18-10-7-14(19)11-18/h14,17,19H,4-13H2,1-3H3. The summed E-state index contributed by atoms with van der Waals surface area (Å²) in [5.41, 5.74) is 0.643. The lowest BCUT2D eigenvalue weighted by Gasteiger charge is -2.42. The van der Waals surface area contributed by atoms with Gasteiger partial charge in [0, 0.05) is 31.7 Å². The van der Waals surface area contributed by atoms with E-state index in [-0.39, 0.29) is 11.6 Å². The van der Waals surface area contributed by atoms with Crippen molar-refractivity contribution in [2.75, 3.05) is 26.2 Å². The summed E-state index contributed by atoms with van der Waals surface area (Å²) in [6.07, 6.45) is 7.73. The summed E-state index contributed by atoms with van der Waals surface area (Å²) in [7, 11) is 0. The molecule has 3 nitrogen and oxygen atoms in total. The van der Waals surface area contributed by atoms with E-state index in [1.807, 2.05) is 0 Å². The van der Waals surface area contributed by atoms with Crippen molar-refractivity contribution in [1.82, 2.24) is 10.2 Å². The molecule has 1 saturated heterocycles. The number of rotatable bonds is 4. The summed E-state index contributed by atoms with van der Waals surface area (Å²) in [5, 5.41) is 13.4. The maximum absolute atomic E-state index is 9.71. The zero-order chi connectivity index (χ0) is 13.9. The molecule has 3 heteroatoms. The topological polar surface area (TPSA) is 35.5 Å². The van der Waals surface area contributed by atoms with Gasteiger partial charge in [-0.05, 0) is 45.4 Å². The van der Waals surface area contributed by atoms with Gasteiger partial charge in [-0.1, -0.05) is 19.3 Å². The molecule has 0 spiro atoms. The maximum Gasteiger partial charge on any atom is 0.0679 e. The third-order valence-corrected chi connectivity index (χ3v) is 4.71. The van der Waals surface area contributed by atoms with Crippen LogP contribution in [0.5, 0.6) is 0 Å². The van der Waals surface area contributed by atoms with Crippen LogP contribution in [0.15, 0.2) is 0 Å². The minimum atomic E-state index is -0.0868. The van der Waals surface area contributed by atoms with Gasteiger partial charge >= 0.3 is 0 Å². The quantitative estimate of drug-likeness (QED) is 0.822. The van der Waals surface area contributed by atoms with Crippen molar-refractivity contribution >= 4 is 0 Å². The lowest BCUT2D eigenvalue weighted by Crippen LogP contribution is -2.49. The number of likely N-dealkylation sites (tertiary alicyclic amines) is 1. The van der Waals surface area contributed by atoms with Crippen LogP contribution in [0.4, 0.5) is 0 Å². The van der Waals surface area contributed by atoms with Crippen molar-refractivity contribution in [2.45, 2.75) is 70.9 Å². The smallest absolute Gasteiger partial charge is 0.0679 e. The molecule has 0 aromatic rings. The molecule has 0 aromatic carbocycles. The molecule has 0 radical (unpaired) electrons. The van der Waals surface area contributed by atoms with Gasteiger partial charge in [0.25, 0.3) is 0 Å². The number of nitrogens with one attached hydrogen (secondary N) is 1. The van der Waals surface area contributed by atoms with E-state index in [0.29, 0.717) is 5.41 Å². The largest absolute Gasteiger partial charge is 0.392 e. The SMILES string of the molecule is CC(C)(C)NCC1(CN2CCC(O)C2)CCCCC1. The molecule has 2 N–H and O–H groups in total. The van der Waals surface area contributed by atoms with Crippen LogP contribution in [0.2, 0.25) is 0 Å². The number of aliphatic hydroxyl groups excluding tert-OH is 1. The fourth-order valence-corrected chi connectivity index (χ4v) is 3.58. The molecule has 0 aromatic heterocycles.